The minimum Gasteiger partial charge on any atom is -0.496 e. The van der Waals surface area contributed by atoms with Crippen LogP contribution in [-0.2, 0) is 28.4 Å². The highest BCUT2D eigenvalue weighted by molar-refractivity contribution is 7.98. The molecule has 1 spiro atoms. The number of benzene rings is 3. The third-order valence-electron chi connectivity index (χ3n) is 9.38. The average molecular weight is 732 g/mol. The van der Waals surface area contributed by atoms with Crippen LogP contribution in [0.3, 0.4) is 0 Å². The maximum absolute atomic E-state index is 13.8. The van der Waals surface area contributed by atoms with Crippen LogP contribution in [0.5, 0.6) is 5.75 Å². The first-order chi connectivity index (χ1) is 24.1. The van der Waals surface area contributed by atoms with E-state index >= 15 is 0 Å². The van der Waals surface area contributed by atoms with Crippen LogP contribution in [0.4, 0.5) is 31.1 Å². The van der Waals surface area contributed by atoms with Gasteiger partial charge < -0.3 is 14.2 Å². The Morgan fingerprint density at radius 1 is 0.961 bits per heavy atom. The molecule has 2 heterocycles. The number of cyclic esters (lactones) is 1. The van der Waals surface area contributed by atoms with E-state index in [1.165, 1.54) is 30.9 Å². The van der Waals surface area contributed by atoms with E-state index in [1.54, 1.807) is 36.7 Å². The van der Waals surface area contributed by atoms with Gasteiger partial charge in [0.1, 0.15) is 5.75 Å². The third-order valence-corrected chi connectivity index (χ3v) is 9.94. The summed E-state index contributed by atoms with van der Waals surface area (Å²) in [4.78, 5) is 36.2. The van der Waals surface area contributed by atoms with E-state index in [0.29, 0.717) is 51.8 Å². The van der Waals surface area contributed by atoms with Gasteiger partial charge >= 0.3 is 24.4 Å². The molecule has 1 saturated heterocycles. The van der Waals surface area contributed by atoms with Gasteiger partial charge in [0.05, 0.1) is 48.7 Å². The molecule has 1 aliphatic carbocycles. The number of aryl methyl sites for hydroxylation is 1. The van der Waals surface area contributed by atoms with Gasteiger partial charge in [-0.1, -0.05) is 23.9 Å². The number of hydrogen-bond donors (Lipinski definition) is 0. The zero-order valence-electron chi connectivity index (χ0n) is 27.7. The SMILES string of the molecule is COC(=O)c1ccc(-c2ccc(OC)c(-c3cnc(SC)nc3CN3C(=O)O[C@H](c4cc(C(F)(F)F)cc(C(F)(F)F)c4)C34CCC4)c2)c(C)c1. The lowest BCUT2D eigenvalue weighted by atomic mass is 9.70. The molecule has 1 atom stereocenters. The van der Waals surface area contributed by atoms with Crippen molar-refractivity contribution in [1.29, 1.82) is 0 Å². The van der Waals surface area contributed by atoms with Crippen molar-refractivity contribution < 1.29 is 50.1 Å². The lowest BCUT2D eigenvalue weighted by Crippen LogP contribution is -2.53. The number of rotatable bonds is 8. The summed E-state index contributed by atoms with van der Waals surface area (Å²) < 4.78 is 98.9. The van der Waals surface area contributed by atoms with Crippen LogP contribution in [0.25, 0.3) is 22.3 Å². The quantitative estimate of drug-likeness (QED) is 0.0767. The van der Waals surface area contributed by atoms with Crippen LogP contribution in [0.2, 0.25) is 0 Å². The largest absolute Gasteiger partial charge is 0.496 e. The van der Waals surface area contributed by atoms with Crippen molar-refractivity contribution in [3.63, 3.8) is 0 Å². The molecule has 4 aromatic rings. The standard InChI is InChI=1S/C36H31F6N3O5S/c1-19-12-21(31(46)49-3)6-8-25(19)20-7-9-29(48-2)26(15-20)27-17-43-32(51-4)44-28(27)18-45-33(47)50-30(34(45)10-5-11-34)22-13-23(35(37,38)39)16-24(14-22)36(40,41)42/h6-9,12-17,30H,5,10-11,18H2,1-4H3/t30-/m1/s1. The number of halogens is 6. The number of amides is 1. The molecule has 0 bridgehead atoms. The normalized spacial score (nSPS) is 16.9. The van der Waals surface area contributed by atoms with Crippen molar-refractivity contribution in [3.8, 4) is 28.0 Å². The monoisotopic (exact) mass is 731 g/mol. The second-order valence-corrected chi connectivity index (χ2v) is 13.1. The molecule has 51 heavy (non-hydrogen) atoms. The van der Waals surface area contributed by atoms with Gasteiger partial charge in [0.25, 0.3) is 0 Å². The first-order valence-corrected chi connectivity index (χ1v) is 16.9. The van der Waals surface area contributed by atoms with Gasteiger partial charge in [-0.25, -0.2) is 19.6 Å². The minimum absolute atomic E-state index is 0.0547. The molecule has 0 unspecified atom stereocenters. The van der Waals surface area contributed by atoms with Crippen molar-refractivity contribution in [2.45, 2.75) is 61.9 Å². The first kappa shape index (κ1) is 36.0. The van der Waals surface area contributed by atoms with Gasteiger partial charge in [0.2, 0.25) is 0 Å². The van der Waals surface area contributed by atoms with Crippen molar-refractivity contribution >= 4 is 23.8 Å². The molecule has 6 rings (SSSR count). The van der Waals surface area contributed by atoms with Crippen LogP contribution >= 0.6 is 11.8 Å². The zero-order chi connectivity index (χ0) is 36.9. The Kier molecular flexibility index (Phi) is 9.46. The molecular weight excluding hydrogens is 700 g/mol. The highest BCUT2D eigenvalue weighted by atomic mass is 32.2. The lowest BCUT2D eigenvalue weighted by molar-refractivity contribution is -0.143. The second-order valence-electron chi connectivity index (χ2n) is 12.3. The number of hydrogen-bond acceptors (Lipinski definition) is 8. The molecule has 3 aromatic carbocycles. The fourth-order valence-electron chi connectivity index (χ4n) is 6.71. The van der Waals surface area contributed by atoms with E-state index in [1.807, 2.05) is 19.1 Å². The molecule has 2 fully saturated rings. The maximum Gasteiger partial charge on any atom is 0.416 e. The molecule has 2 aliphatic rings. The molecule has 8 nitrogen and oxygen atoms in total. The molecule has 1 amide bonds. The summed E-state index contributed by atoms with van der Waals surface area (Å²) in [6, 6.07) is 11.9. The second kappa shape index (κ2) is 13.4. The molecule has 1 aliphatic heterocycles. The Morgan fingerprint density at radius 3 is 2.20 bits per heavy atom. The predicted octanol–water partition coefficient (Wildman–Crippen LogP) is 9.29. The van der Waals surface area contributed by atoms with E-state index in [9.17, 15) is 35.9 Å². The van der Waals surface area contributed by atoms with Crippen molar-refractivity contribution in [2.24, 2.45) is 0 Å². The number of ether oxygens (including phenoxy) is 3. The number of nitrogens with zero attached hydrogens (tertiary/aromatic N) is 3. The Morgan fingerprint density at radius 2 is 1.65 bits per heavy atom. The van der Waals surface area contributed by atoms with Crippen LogP contribution in [0, 0.1) is 6.92 Å². The number of alkyl halides is 6. The van der Waals surface area contributed by atoms with E-state index in [-0.39, 0.29) is 31.0 Å². The summed E-state index contributed by atoms with van der Waals surface area (Å²) >= 11 is 1.25. The summed E-state index contributed by atoms with van der Waals surface area (Å²) in [7, 11) is 2.79. The van der Waals surface area contributed by atoms with Crippen molar-refractivity contribution in [2.75, 3.05) is 20.5 Å². The predicted molar refractivity (Wildman–Crippen MR) is 175 cm³/mol. The van der Waals surface area contributed by atoms with Gasteiger partial charge in [0.15, 0.2) is 11.3 Å². The van der Waals surface area contributed by atoms with E-state index in [0.717, 1.165) is 16.7 Å². The van der Waals surface area contributed by atoms with Gasteiger partial charge in [-0.15, -0.1) is 0 Å². The smallest absolute Gasteiger partial charge is 0.416 e. The fraction of sp³-hybridized carbons (Fsp3) is 0.333. The zero-order valence-corrected chi connectivity index (χ0v) is 28.6. The van der Waals surface area contributed by atoms with E-state index in [2.05, 4.69) is 4.98 Å². The fourth-order valence-corrected chi connectivity index (χ4v) is 7.07. The topological polar surface area (TPSA) is 90.9 Å². The van der Waals surface area contributed by atoms with Gasteiger partial charge in [-0.3, -0.25) is 4.90 Å². The Bertz CT molecular complexity index is 1980. The van der Waals surface area contributed by atoms with Crippen molar-refractivity contribution in [1.82, 2.24) is 14.9 Å². The Balaban J connectivity index is 1.42. The number of methoxy groups -OCH3 is 2. The number of esters is 1. The number of carbonyl (C=O) groups is 2. The number of thioether (sulfide) groups is 1. The van der Waals surface area contributed by atoms with E-state index < -0.39 is 47.2 Å². The molecule has 1 saturated carbocycles. The number of aromatic nitrogens is 2. The highest BCUT2D eigenvalue weighted by Gasteiger charge is 2.59. The van der Waals surface area contributed by atoms with E-state index in [4.69, 9.17) is 19.2 Å². The minimum atomic E-state index is -5.06. The van der Waals surface area contributed by atoms with Crippen LogP contribution in [-0.4, -0.2) is 52.9 Å². The Hall–Kier alpha value is -4.79. The summed E-state index contributed by atoms with van der Waals surface area (Å²) in [5.74, 6) is -0.0234. The highest BCUT2D eigenvalue weighted by Crippen LogP contribution is 2.55. The molecule has 15 heteroatoms. The first-order valence-electron chi connectivity index (χ1n) is 15.6. The molecule has 268 valence electrons. The number of carbonyl (C=O) groups excluding carboxylic acids is 2. The molecular formula is C36H31F6N3O5S. The summed E-state index contributed by atoms with van der Waals surface area (Å²) in [5, 5.41) is 0.373. The Labute approximate surface area is 293 Å². The summed E-state index contributed by atoms with van der Waals surface area (Å²) in [6.45, 7) is 1.68. The van der Waals surface area contributed by atoms with Gasteiger partial charge in [-0.05, 0) is 97.2 Å². The van der Waals surface area contributed by atoms with Crippen LogP contribution in [0.1, 0.15) is 63.7 Å². The molecule has 0 radical (unpaired) electrons. The van der Waals surface area contributed by atoms with Crippen LogP contribution < -0.4 is 4.74 Å². The third kappa shape index (κ3) is 6.70. The maximum atomic E-state index is 13.8. The van der Waals surface area contributed by atoms with Crippen LogP contribution in [0.15, 0.2) is 66.0 Å². The average Bonchev–Trinajstić information content (AvgIpc) is 3.38. The van der Waals surface area contributed by atoms with Crippen molar-refractivity contribution in [3.05, 3.63) is 94.3 Å². The van der Waals surface area contributed by atoms with Gasteiger partial charge in [-0.2, -0.15) is 26.3 Å². The lowest BCUT2D eigenvalue weighted by Gasteiger charge is -2.46. The molecule has 0 N–H and O–H groups in total. The summed E-state index contributed by atoms with van der Waals surface area (Å²) in [5.41, 5.74) is -0.393. The molecule has 1 aromatic heterocycles. The summed E-state index contributed by atoms with van der Waals surface area (Å²) in [6.07, 6.45) is -7.91. The van der Waals surface area contributed by atoms with Gasteiger partial charge in [0, 0.05) is 17.3 Å².